The van der Waals surface area contributed by atoms with E-state index >= 15 is 38.4 Å². The number of hydrogen-bond acceptors (Lipinski definition) is 18. The molecule has 12 aromatic carbocycles. The Labute approximate surface area is 789 Å². The third-order valence-corrected chi connectivity index (χ3v) is 25.2. The zero-order valence-electron chi connectivity index (χ0n) is 78.2. The average molecular weight is 1820 g/mol. The molecule has 17 rings (SSSR count). The van der Waals surface area contributed by atoms with Gasteiger partial charge in [-0.05, 0) is 238 Å². The Kier molecular flexibility index (Phi) is 28.8. The zero-order valence-corrected chi connectivity index (χ0v) is 78.2. The summed E-state index contributed by atoms with van der Waals surface area (Å²) in [5.41, 5.74) is 7.74. The van der Waals surface area contributed by atoms with Crippen LogP contribution in [-0.2, 0) is 37.9 Å². The first-order valence-corrected chi connectivity index (χ1v) is 48.0. The lowest BCUT2D eigenvalue weighted by molar-refractivity contribution is 0.0480. The quantitative estimate of drug-likeness (QED) is 0.0210. The van der Waals surface area contributed by atoms with Gasteiger partial charge in [-0.15, -0.1) is 0 Å². The van der Waals surface area contributed by atoms with Crippen molar-refractivity contribution in [2.24, 2.45) is 0 Å². The Hall–Kier alpha value is -14.9. The van der Waals surface area contributed by atoms with E-state index in [0.717, 1.165) is 43.1 Å². The van der Waals surface area contributed by atoms with Gasteiger partial charge in [-0.3, -0.25) is 0 Å². The summed E-state index contributed by atoms with van der Waals surface area (Å²) in [7, 11) is 0. The molecule has 690 valence electrons. The standard InChI is InChI=1S/C116H110N4O16/c1-9-17-41-129-109(121)81-49-77(50-82(57-81)110(122)130-42-18-10-2)97-101-89-61-69-33-25-27-35-71(69)63-91(89)103(117-101)98(78-51-83(111(123)131-43-19-11-3)58-84(52-78)112(124)132-44-20-12-4)105-93-65-73-37-29-31-39-75(73)67-95(93)107(119-105)100(80-55-87(115(127)135-47-23-15-7)60-88(56-80)116(128)136-48-24-16-8)108-96-68-76-40-32-30-38-74(76)66-94(96)106(120-108)99(104-92-64-72-36-28-26-34-70(72)62-90(92)102(97)118-104)79-53-85(113(125)133-45-21-13-5)59-86(54-79)114(126)134-46-22-14-6/h25-40,49-68,117,120H,9-24,41-48H2,1-8H3. The van der Waals surface area contributed by atoms with Gasteiger partial charge in [-0.1, -0.05) is 204 Å². The Morgan fingerprint density at radius 3 is 0.522 bits per heavy atom. The van der Waals surface area contributed by atoms with Crippen LogP contribution in [0.2, 0.25) is 0 Å². The smallest absolute Gasteiger partial charge is 0.338 e. The molecule has 2 aliphatic heterocycles. The molecular formula is C116H110N4O16. The molecule has 0 fully saturated rings. The fourth-order valence-electron chi connectivity index (χ4n) is 17.9. The fourth-order valence-corrected chi connectivity index (χ4v) is 17.9. The minimum Gasteiger partial charge on any atom is -0.462 e. The Balaban J connectivity index is 1.21. The van der Waals surface area contributed by atoms with Crippen molar-refractivity contribution in [3.8, 4) is 89.5 Å². The summed E-state index contributed by atoms with van der Waals surface area (Å²) in [5, 5.41) is 8.67. The number of rotatable bonds is 36. The third-order valence-electron chi connectivity index (χ3n) is 25.2. The molecule has 136 heavy (non-hydrogen) atoms. The molecule has 0 spiro atoms. The summed E-state index contributed by atoms with van der Waals surface area (Å²) in [6.07, 6.45) is 10.1. The van der Waals surface area contributed by atoms with Gasteiger partial charge in [-0.25, -0.2) is 48.3 Å². The van der Waals surface area contributed by atoms with E-state index in [2.05, 4.69) is 58.5 Å². The Bertz CT molecular complexity index is 6420. The maximum atomic E-state index is 15.4. The molecular weight excluding hydrogens is 1710 g/mol. The number of carbonyl (C=O) groups excluding carboxylic acids is 8. The van der Waals surface area contributed by atoms with E-state index in [1.807, 2.05) is 152 Å². The number of unbranched alkanes of at least 4 members (excludes halogenated alkanes) is 8. The first-order chi connectivity index (χ1) is 66.4. The summed E-state index contributed by atoms with van der Waals surface area (Å²) in [6, 6.07) is 68.2. The fraction of sp³-hybridized carbons (Fsp3) is 0.276. The number of carbonyl (C=O) groups is 8. The SMILES string of the molecule is CCCCOC(=O)c1cc(C(=O)OCCCC)cc(-c2c3nc(c(-c4cc(C(=O)OCCCC)cc(C(=O)OCCCC)c4)c4[nH]c(c(-c5cc(C(=O)OCCCC)cc(C(=O)OCCCC)c5)c5nc(c(-c6cc(C(=O)OCCCC)cc(C(=O)OCCCC)c6)c6[nH]c2c2cc7ccccc7cc62)-c2cc6ccccc6cc2-5)c2cc5ccccc5cc42)-c2cc4ccccc4cc2-3)c1. The van der Waals surface area contributed by atoms with Crippen LogP contribution in [0, 0.1) is 0 Å². The maximum absolute atomic E-state index is 15.4. The van der Waals surface area contributed by atoms with E-state index in [1.54, 1.807) is 48.5 Å². The van der Waals surface area contributed by atoms with Crippen LogP contribution >= 0.6 is 0 Å². The summed E-state index contributed by atoms with van der Waals surface area (Å²) in [6.45, 7) is 16.6. The van der Waals surface area contributed by atoms with Crippen LogP contribution in [0.5, 0.6) is 0 Å². The molecule has 14 aromatic rings. The van der Waals surface area contributed by atoms with E-state index in [1.165, 1.54) is 24.3 Å². The lowest BCUT2D eigenvalue weighted by Crippen LogP contribution is -2.11. The summed E-state index contributed by atoms with van der Waals surface area (Å²) in [5.74, 6) is -5.67. The summed E-state index contributed by atoms with van der Waals surface area (Å²) < 4.78 is 49.4. The van der Waals surface area contributed by atoms with E-state index in [0.29, 0.717) is 236 Å². The second-order valence-electron chi connectivity index (χ2n) is 35.0. The van der Waals surface area contributed by atoms with Gasteiger partial charge < -0.3 is 47.9 Å². The van der Waals surface area contributed by atoms with Crippen molar-refractivity contribution in [1.82, 2.24) is 19.9 Å². The van der Waals surface area contributed by atoms with Crippen molar-refractivity contribution < 1.29 is 76.3 Å². The molecule has 0 unspecified atom stereocenters. The highest BCUT2D eigenvalue weighted by Gasteiger charge is 2.35. The molecule has 20 nitrogen and oxygen atoms in total. The van der Waals surface area contributed by atoms with Crippen LogP contribution in [0.25, 0.3) is 176 Å². The first-order valence-electron chi connectivity index (χ1n) is 48.0. The van der Waals surface area contributed by atoms with E-state index < -0.39 is 47.8 Å². The van der Waals surface area contributed by atoms with Crippen molar-refractivity contribution in [2.75, 3.05) is 52.9 Å². The molecule has 3 aliphatic rings. The van der Waals surface area contributed by atoms with Crippen LogP contribution in [-0.4, -0.2) is 121 Å². The van der Waals surface area contributed by atoms with Crippen molar-refractivity contribution in [1.29, 1.82) is 0 Å². The van der Waals surface area contributed by atoms with Crippen molar-refractivity contribution in [2.45, 2.75) is 158 Å². The highest BCUT2D eigenvalue weighted by atomic mass is 16.6. The number of benzene rings is 12. The number of nitrogens with one attached hydrogen (secondary N) is 2. The lowest BCUT2D eigenvalue weighted by Gasteiger charge is -2.14. The minimum absolute atomic E-state index is 0.0246. The second kappa shape index (κ2) is 42.1. The van der Waals surface area contributed by atoms with Crippen molar-refractivity contribution >= 4 is 134 Å². The van der Waals surface area contributed by atoms with Crippen molar-refractivity contribution in [3.05, 3.63) is 263 Å². The molecule has 0 amide bonds. The highest BCUT2D eigenvalue weighted by molar-refractivity contribution is 6.26. The molecule has 8 bridgehead atoms. The Morgan fingerprint density at radius 1 is 0.213 bits per heavy atom. The number of H-pyrrole nitrogens is 2. The van der Waals surface area contributed by atoms with Gasteiger partial charge in [0.25, 0.3) is 0 Å². The van der Waals surface area contributed by atoms with Gasteiger partial charge in [0.15, 0.2) is 0 Å². The molecule has 2 aromatic heterocycles. The molecule has 1 aliphatic carbocycles. The van der Waals surface area contributed by atoms with Gasteiger partial charge in [0.1, 0.15) is 0 Å². The lowest BCUT2D eigenvalue weighted by atomic mass is 9.90. The molecule has 20 heteroatoms. The molecule has 0 saturated carbocycles. The van der Waals surface area contributed by atoms with Crippen LogP contribution in [0.15, 0.2) is 218 Å². The van der Waals surface area contributed by atoms with Gasteiger partial charge in [0.2, 0.25) is 0 Å². The Morgan fingerprint density at radius 2 is 0.368 bits per heavy atom. The van der Waals surface area contributed by atoms with Gasteiger partial charge >= 0.3 is 47.8 Å². The van der Waals surface area contributed by atoms with Gasteiger partial charge in [-0.2, -0.15) is 0 Å². The largest absolute Gasteiger partial charge is 0.462 e. The van der Waals surface area contributed by atoms with E-state index in [9.17, 15) is 0 Å². The second-order valence-corrected chi connectivity index (χ2v) is 35.0. The number of nitrogens with zero attached hydrogens (tertiary/aromatic N) is 2. The topological polar surface area (TPSA) is 268 Å². The molecule has 0 saturated heterocycles. The summed E-state index contributed by atoms with van der Waals surface area (Å²) >= 11 is 0. The van der Waals surface area contributed by atoms with Crippen LogP contribution in [0.4, 0.5) is 0 Å². The third kappa shape index (κ3) is 19.3. The van der Waals surface area contributed by atoms with Crippen LogP contribution in [0.1, 0.15) is 241 Å². The summed E-state index contributed by atoms with van der Waals surface area (Å²) in [4.78, 5) is 144. The normalized spacial score (nSPS) is 11.6. The average Bonchev–Trinajstić information content (AvgIpc) is 1.55. The minimum atomic E-state index is -0.709. The number of hydrogen-bond donors (Lipinski definition) is 2. The maximum Gasteiger partial charge on any atom is 0.338 e. The monoisotopic (exact) mass is 1810 g/mol. The van der Waals surface area contributed by atoms with Crippen molar-refractivity contribution in [3.63, 3.8) is 0 Å². The number of ether oxygens (including phenoxy) is 8. The first kappa shape index (κ1) is 92.9. The highest BCUT2D eigenvalue weighted by Crippen LogP contribution is 2.55. The molecule has 4 heterocycles. The van der Waals surface area contributed by atoms with Crippen LogP contribution < -0.4 is 0 Å². The predicted octanol–water partition coefficient (Wildman–Crippen LogP) is 28.2. The molecule has 2 N–H and O–H groups in total. The number of fused-ring (bicyclic) bond motifs is 4. The number of esters is 8. The number of aromatic amines is 2. The van der Waals surface area contributed by atoms with E-state index in [4.69, 9.17) is 47.9 Å². The number of aromatic nitrogens is 4. The van der Waals surface area contributed by atoms with E-state index in [-0.39, 0.29) is 97.4 Å². The molecule has 0 radical (unpaired) electrons. The van der Waals surface area contributed by atoms with Gasteiger partial charge in [0.05, 0.1) is 142 Å². The predicted molar refractivity (Wildman–Crippen MR) is 538 cm³/mol. The molecule has 0 atom stereocenters. The van der Waals surface area contributed by atoms with Crippen LogP contribution in [0.3, 0.4) is 0 Å². The van der Waals surface area contributed by atoms with Gasteiger partial charge in [0, 0.05) is 66.1 Å². The zero-order chi connectivity index (χ0) is 94.6.